The van der Waals surface area contributed by atoms with Crippen molar-refractivity contribution >= 4 is 29.6 Å². The molecule has 0 atom stereocenters. The fraction of sp³-hybridized carbons (Fsp3) is 0.250. The summed E-state index contributed by atoms with van der Waals surface area (Å²) in [5.41, 5.74) is 2.55. The fourth-order valence-electron chi connectivity index (χ4n) is 1.70. The first-order valence-corrected chi connectivity index (χ1v) is 6.23. The molecular weight excluding hydrogens is 247 g/mol. The Morgan fingerprint density at radius 1 is 0.526 bits per heavy atom. The molecule has 1 radical (unpaired) electrons. The van der Waals surface area contributed by atoms with Gasteiger partial charge in [-0.2, -0.15) is 0 Å². The van der Waals surface area contributed by atoms with Crippen LogP contribution in [-0.2, 0) is 9.47 Å². The van der Waals surface area contributed by atoms with E-state index in [0.29, 0.717) is 0 Å². The van der Waals surface area contributed by atoms with Gasteiger partial charge in [0, 0.05) is 29.6 Å². The summed E-state index contributed by atoms with van der Waals surface area (Å²) < 4.78 is 9.89. The van der Waals surface area contributed by atoms with Crippen molar-refractivity contribution in [2.75, 3.05) is 26.4 Å². The molecule has 0 aromatic heterocycles. The normalized spacial score (nSPS) is 13.7. The van der Waals surface area contributed by atoms with E-state index >= 15 is 0 Å². The summed E-state index contributed by atoms with van der Waals surface area (Å²) in [6, 6.07) is 20.8. The van der Waals surface area contributed by atoms with Crippen molar-refractivity contribution < 1.29 is 9.47 Å². The first kappa shape index (κ1) is 16.4. The van der Waals surface area contributed by atoms with Crippen LogP contribution in [0.5, 0.6) is 0 Å². The van der Waals surface area contributed by atoms with Crippen LogP contribution in [0.25, 0.3) is 11.1 Å². The third kappa shape index (κ3) is 6.37. The summed E-state index contributed by atoms with van der Waals surface area (Å²) in [6.07, 6.45) is 0. The molecule has 95 valence electrons. The van der Waals surface area contributed by atoms with E-state index in [-0.39, 0.29) is 29.6 Å². The van der Waals surface area contributed by atoms with Crippen molar-refractivity contribution in [3.63, 3.8) is 0 Å². The van der Waals surface area contributed by atoms with E-state index in [1.165, 1.54) is 11.1 Å². The maximum atomic E-state index is 4.94. The second-order valence-electron chi connectivity index (χ2n) is 3.96. The molecule has 1 aliphatic heterocycles. The Balaban J connectivity index is 0.000000220. The Morgan fingerprint density at radius 2 is 0.842 bits per heavy atom. The van der Waals surface area contributed by atoms with Crippen LogP contribution in [0.1, 0.15) is 0 Å². The van der Waals surface area contributed by atoms with Crippen LogP contribution in [0.3, 0.4) is 0 Å². The Morgan fingerprint density at radius 3 is 1.11 bits per heavy atom. The van der Waals surface area contributed by atoms with Crippen LogP contribution < -0.4 is 0 Å². The van der Waals surface area contributed by atoms with E-state index in [9.17, 15) is 0 Å². The van der Waals surface area contributed by atoms with Gasteiger partial charge in [-0.3, -0.25) is 0 Å². The van der Waals surface area contributed by atoms with Crippen LogP contribution in [0, 0.1) is 0 Å². The molecule has 0 amide bonds. The van der Waals surface area contributed by atoms with Gasteiger partial charge in [-0.15, -0.1) is 0 Å². The van der Waals surface area contributed by atoms with E-state index in [4.69, 9.17) is 9.47 Å². The Kier molecular flexibility index (Phi) is 8.80. The molecule has 19 heavy (non-hydrogen) atoms. The summed E-state index contributed by atoms with van der Waals surface area (Å²) in [5.74, 6) is 0. The summed E-state index contributed by atoms with van der Waals surface area (Å²) in [5, 5.41) is 0. The average molecular weight is 265 g/mol. The molecule has 2 aromatic rings. The minimum Gasteiger partial charge on any atom is -0.377 e. The van der Waals surface area contributed by atoms with Crippen LogP contribution in [0.15, 0.2) is 60.7 Å². The number of benzene rings is 2. The molecule has 0 aliphatic carbocycles. The Labute approximate surface area is 137 Å². The number of hydrogen-bond donors (Lipinski definition) is 0. The molecule has 0 spiro atoms. The molecular formula is C16H18NaO2. The van der Waals surface area contributed by atoms with Crippen molar-refractivity contribution in [1.82, 2.24) is 0 Å². The van der Waals surface area contributed by atoms with Crippen molar-refractivity contribution in [1.29, 1.82) is 0 Å². The van der Waals surface area contributed by atoms with Crippen molar-refractivity contribution in [3.05, 3.63) is 60.7 Å². The van der Waals surface area contributed by atoms with Crippen LogP contribution in [-0.4, -0.2) is 56.0 Å². The zero-order chi connectivity index (χ0) is 12.5. The minimum atomic E-state index is 0. The summed E-state index contributed by atoms with van der Waals surface area (Å²) in [4.78, 5) is 0. The van der Waals surface area contributed by atoms with Crippen molar-refractivity contribution in [3.8, 4) is 11.1 Å². The SMILES string of the molecule is C1COCCO1.[Na].c1ccc(-c2ccccc2)cc1. The number of rotatable bonds is 1. The van der Waals surface area contributed by atoms with Gasteiger partial charge >= 0.3 is 0 Å². The molecule has 1 fully saturated rings. The maximum Gasteiger partial charge on any atom is 0.0701 e. The van der Waals surface area contributed by atoms with E-state index in [2.05, 4.69) is 48.5 Å². The van der Waals surface area contributed by atoms with Crippen LogP contribution in [0.2, 0.25) is 0 Å². The molecule has 1 aliphatic rings. The molecule has 1 saturated heterocycles. The topological polar surface area (TPSA) is 18.5 Å². The van der Waals surface area contributed by atoms with Crippen LogP contribution in [0.4, 0.5) is 0 Å². The van der Waals surface area contributed by atoms with Crippen molar-refractivity contribution in [2.45, 2.75) is 0 Å². The van der Waals surface area contributed by atoms with E-state index in [1.54, 1.807) is 0 Å². The largest absolute Gasteiger partial charge is 0.377 e. The standard InChI is InChI=1S/C12H10.C4H8O2.Na/c1-3-7-11(8-4-1)12-9-5-2-6-10-12;1-2-6-4-3-5-1;/h1-10H;1-4H2;. The molecule has 0 saturated carbocycles. The third-order valence-corrected chi connectivity index (χ3v) is 2.62. The predicted octanol–water partition coefficient (Wildman–Crippen LogP) is 3.01. The fourth-order valence-corrected chi connectivity index (χ4v) is 1.70. The van der Waals surface area contributed by atoms with E-state index in [0.717, 1.165) is 26.4 Å². The van der Waals surface area contributed by atoms with Gasteiger partial charge in [0.25, 0.3) is 0 Å². The smallest absolute Gasteiger partial charge is 0.0701 e. The maximum absolute atomic E-state index is 4.94. The number of ether oxygens (including phenoxy) is 2. The van der Waals surface area contributed by atoms with Gasteiger partial charge in [0.15, 0.2) is 0 Å². The molecule has 2 aromatic carbocycles. The second kappa shape index (κ2) is 10.2. The molecule has 3 rings (SSSR count). The molecule has 0 unspecified atom stereocenters. The molecule has 1 heterocycles. The Bertz CT molecular complexity index is 378. The summed E-state index contributed by atoms with van der Waals surface area (Å²) in [6.45, 7) is 3.11. The van der Waals surface area contributed by atoms with Gasteiger partial charge in [-0.05, 0) is 11.1 Å². The zero-order valence-electron chi connectivity index (χ0n) is 11.4. The van der Waals surface area contributed by atoms with Crippen LogP contribution >= 0.6 is 0 Å². The first-order chi connectivity index (χ1) is 8.97. The van der Waals surface area contributed by atoms with Gasteiger partial charge in [-0.1, -0.05) is 60.7 Å². The monoisotopic (exact) mass is 265 g/mol. The molecule has 0 N–H and O–H groups in total. The minimum absolute atomic E-state index is 0. The van der Waals surface area contributed by atoms with Gasteiger partial charge in [0.1, 0.15) is 0 Å². The second-order valence-corrected chi connectivity index (χ2v) is 3.96. The summed E-state index contributed by atoms with van der Waals surface area (Å²) in [7, 11) is 0. The first-order valence-electron chi connectivity index (χ1n) is 6.23. The van der Waals surface area contributed by atoms with Gasteiger partial charge in [0.2, 0.25) is 0 Å². The summed E-state index contributed by atoms with van der Waals surface area (Å²) >= 11 is 0. The predicted molar refractivity (Wildman–Crippen MR) is 79.3 cm³/mol. The quantitative estimate of drug-likeness (QED) is 0.738. The molecule has 2 nitrogen and oxygen atoms in total. The zero-order valence-corrected chi connectivity index (χ0v) is 13.4. The van der Waals surface area contributed by atoms with Gasteiger partial charge < -0.3 is 9.47 Å². The van der Waals surface area contributed by atoms with Gasteiger partial charge in [-0.25, -0.2) is 0 Å². The van der Waals surface area contributed by atoms with E-state index in [1.807, 2.05) is 12.1 Å². The Hall–Kier alpha value is -0.640. The van der Waals surface area contributed by atoms with Crippen molar-refractivity contribution in [2.24, 2.45) is 0 Å². The van der Waals surface area contributed by atoms with Gasteiger partial charge in [0.05, 0.1) is 26.4 Å². The molecule has 3 heteroatoms. The number of hydrogen-bond acceptors (Lipinski definition) is 2. The third-order valence-electron chi connectivity index (χ3n) is 2.62. The molecule has 0 bridgehead atoms. The van der Waals surface area contributed by atoms with E-state index < -0.39 is 0 Å². The average Bonchev–Trinajstić information content (AvgIpc) is 2.51.